The van der Waals surface area contributed by atoms with Crippen LogP contribution in [0.2, 0.25) is 0 Å². The van der Waals surface area contributed by atoms with Crippen molar-refractivity contribution in [3.63, 3.8) is 0 Å². The number of benzene rings is 1. The van der Waals surface area contributed by atoms with E-state index in [1.54, 1.807) is 6.07 Å². The van der Waals surface area contributed by atoms with Crippen LogP contribution in [0.1, 0.15) is 5.82 Å². The minimum atomic E-state index is -0.135. The summed E-state index contributed by atoms with van der Waals surface area (Å²) in [4.78, 5) is 18.4. The zero-order valence-electron chi connectivity index (χ0n) is 7.05. The van der Waals surface area contributed by atoms with Crippen molar-refractivity contribution in [1.82, 2.24) is 9.97 Å². The van der Waals surface area contributed by atoms with E-state index < -0.39 is 0 Å². The fraction of sp³-hybridized carbons (Fsp3) is 0.111. The molecule has 0 aliphatic heterocycles. The van der Waals surface area contributed by atoms with E-state index in [1.165, 1.54) is 0 Å². The summed E-state index contributed by atoms with van der Waals surface area (Å²) in [6.45, 7) is 0. The first-order chi connectivity index (χ1) is 6.70. The SMILES string of the molecule is O=c1[nH]c(CCl)nc2ccc(I)cc12. The van der Waals surface area contributed by atoms with Crippen molar-refractivity contribution in [3.05, 3.63) is 37.9 Å². The van der Waals surface area contributed by atoms with Crippen LogP contribution in [-0.2, 0) is 5.88 Å². The van der Waals surface area contributed by atoms with Crippen molar-refractivity contribution in [2.24, 2.45) is 0 Å². The fourth-order valence-electron chi connectivity index (χ4n) is 1.22. The average Bonchev–Trinajstić information content (AvgIpc) is 2.19. The number of H-pyrrole nitrogens is 1. The molecule has 1 N–H and O–H groups in total. The molecule has 0 amide bonds. The van der Waals surface area contributed by atoms with Crippen LogP contribution >= 0.6 is 34.2 Å². The van der Waals surface area contributed by atoms with Crippen LogP contribution < -0.4 is 5.56 Å². The van der Waals surface area contributed by atoms with Crippen molar-refractivity contribution in [3.8, 4) is 0 Å². The third-order valence-corrected chi connectivity index (χ3v) is 2.77. The van der Waals surface area contributed by atoms with Gasteiger partial charge in [0.25, 0.3) is 5.56 Å². The standard InChI is InChI=1S/C9H6ClIN2O/c10-4-8-12-7-2-1-5(11)3-6(7)9(14)13-8/h1-3H,4H2,(H,12,13,14). The number of aromatic amines is 1. The van der Waals surface area contributed by atoms with E-state index in [0.29, 0.717) is 16.7 Å². The number of aromatic nitrogens is 2. The van der Waals surface area contributed by atoms with Crippen LogP contribution in [0.3, 0.4) is 0 Å². The second-order valence-corrected chi connectivity index (χ2v) is 4.32. The number of nitrogens with zero attached hydrogens (tertiary/aromatic N) is 1. The number of alkyl halides is 1. The van der Waals surface area contributed by atoms with Crippen LogP contribution in [0.15, 0.2) is 23.0 Å². The molecule has 2 rings (SSSR count). The number of nitrogens with one attached hydrogen (secondary N) is 1. The molecule has 1 heterocycles. The first kappa shape index (κ1) is 9.92. The predicted molar refractivity (Wildman–Crippen MR) is 64.6 cm³/mol. The molecule has 1 aromatic carbocycles. The maximum absolute atomic E-state index is 11.6. The highest BCUT2D eigenvalue weighted by atomic mass is 127. The molecule has 0 spiro atoms. The molecule has 0 bridgehead atoms. The van der Waals surface area contributed by atoms with Crippen molar-refractivity contribution < 1.29 is 0 Å². The molecule has 1 aromatic heterocycles. The summed E-state index contributed by atoms with van der Waals surface area (Å²) >= 11 is 7.75. The smallest absolute Gasteiger partial charge is 0.258 e. The normalized spacial score (nSPS) is 10.7. The van der Waals surface area contributed by atoms with Crippen LogP contribution in [-0.4, -0.2) is 9.97 Å². The lowest BCUT2D eigenvalue weighted by Gasteiger charge is -1.99. The lowest BCUT2D eigenvalue weighted by atomic mass is 10.2. The molecule has 72 valence electrons. The first-order valence-electron chi connectivity index (χ1n) is 3.95. The van der Waals surface area contributed by atoms with Gasteiger partial charge in [0.15, 0.2) is 0 Å². The molecule has 0 radical (unpaired) electrons. The van der Waals surface area contributed by atoms with Crippen molar-refractivity contribution in [2.45, 2.75) is 5.88 Å². The van der Waals surface area contributed by atoms with E-state index in [-0.39, 0.29) is 11.4 Å². The number of rotatable bonds is 1. The summed E-state index contributed by atoms with van der Waals surface area (Å²) in [6.07, 6.45) is 0. The molecule has 0 atom stereocenters. The minimum absolute atomic E-state index is 0.135. The van der Waals surface area contributed by atoms with E-state index >= 15 is 0 Å². The molecule has 0 saturated heterocycles. The Bertz CT molecular complexity index is 538. The highest BCUT2D eigenvalue weighted by Crippen LogP contribution is 2.12. The van der Waals surface area contributed by atoms with Crippen molar-refractivity contribution in [1.29, 1.82) is 0 Å². The monoisotopic (exact) mass is 320 g/mol. The number of halogens is 2. The van der Waals surface area contributed by atoms with Gasteiger partial charge in [-0.05, 0) is 40.8 Å². The first-order valence-corrected chi connectivity index (χ1v) is 5.56. The molecule has 5 heteroatoms. The molecule has 0 unspecified atom stereocenters. The maximum Gasteiger partial charge on any atom is 0.258 e. The molecular formula is C9H6ClIN2O. The summed E-state index contributed by atoms with van der Waals surface area (Å²) in [6, 6.07) is 5.54. The summed E-state index contributed by atoms with van der Waals surface area (Å²) in [5.41, 5.74) is 0.550. The van der Waals surface area contributed by atoms with E-state index in [4.69, 9.17) is 11.6 Å². The van der Waals surface area contributed by atoms with Crippen LogP contribution in [0.5, 0.6) is 0 Å². The van der Waals surface area contributed by atoms with Crippen LogP contribution in [0.25, 0.3) is 10.9 Å². The zero-order chi connectivity index (χ0) is 10.1. The summed E-state index contributed by atoms with van der Waals surface area (Å²) in [7, 11) is 0. The summed E-state index contributed by atoms with van der Waals surface area (Å²) < 4.78 is 1.01. The number of fused-ring (bicyclic) bond motifs is 1. The Morgan fingerprint density at radius 2 is 2.29 bits per heavy atom. The van der Waals surface area contributed by atoms with Crippen LogP contribution in [0.4, 0.5) is 0 Å². The van der Waals surface area contributed by atoms with Crippen molar-refractivity contribution >= 4 is 45.1 Å². The Kier molecular flexibility index (Phi) is 2.73. The summed E-state index contributed by atoms with van der Waals surface area (Å²) in [5, 5.41) is 0.603. The quantitative estimate of drug-likeness (QED) is 0.647. The highest BCUT2D eigenvalue weighted by Gasteiger charge is 2.02. The number of hydrogen-bond donors (Lipinski definition) is 1. The number of hydrogen-bond acceptors (Lipinski definition) is 2. The molecule has 2 aromatic rings. The fourth-order valence-corrected chi connectivity index (χ4v) is 1.84. The van der Waals surface area contributed by atoms with Gasteiger partial charge in [0, 0.05) is 3.57 Å². The van der Waals surface area contributed by atoms with E-state index in [0.717, 1.165) is 3.57 Å². The van der Waals surface area contributed by atoms with Gasteiger partial charge in [-0.25, -0.2) is 4.98 Å². The Morgan fingerprint density at radius 1 is 1.50 bits per heavy atom. The van der Waals surface area contributed by atoms with E-state index in [9.17, 15) is 4.79 Å². The largest absolute Gasteiger partial charge is 0.309 e. The average molecular weight is 321 g/mol. The van der Waals surface area contributed by atoms with Gasteiger partial charge in [0.1, 0.15) is 5.82 Å². The molecule has 3 nitrogen and oxygen atoms in total. The van der Waals surface area contributed by atoms with Gasteiger partial charge in [-0.2, -0.15) is 0 Å². The molecule has 0 aliphatic carbocycles. The maximum atomic E-state index is 11.6. The lowest BCUT2D eigenvalue weighted by Crippen LogP contribution is -2.10. The lowest BCUT2D eigenvalue weighted by molar-refractivity contribution is 1.03. The second kappa shape index (κ2) is 3.86. The molecule has 0 saturated carbocycles. The van der Waals surface area contributed by atoms with Crippen LogP contribution in [0, 0.1) is 3.57 Å². The Morgan fingerprint density at radius 3 is 3.00 bits per heavy atom. The van der Waals surface area contributed by atoms with Gasteiger partial charge in [0.2, 0.25) is 0 Å². The van der Waals surface area contributed by atoms with Gasteiger partial charge < -0.3 is 4.98 Å². The van der Waals surface area contributed by atoms with Gasteiger partial charge in [0.05, 0.1) is 16.8 Å². The van der Waals surface area contributed by atoms with E-state index in [2.05, 4.69) is 32.6 Å². The van der Waals surface area contributed by atoms with Gasteiger partial charge >= 0.3 is 0 Å². The predicted octanol–water partition coefficient (Wildman–Crippen LogP) is 2.27. The third kappa shape index (κ3) is 1.76. The van der Waals surface area contributed by atoms with Gasteiger partial charge in [-0.3, -0.25) is 4.79 Å². The Balaban J connectivity index is 2.83. The van der Waals surface area contributed by atoms with Gasteiger partial charge in [-0.1, -0.05) is 0 Å². The highest BCUT2D eigenvalue weighted by molar-refractivity contribution is 14.1. The molecule has 0 aliphatic rings. The molecule has 0 fully saturated rings. The molecular weight excluding hydrogens is 314 g/mol. The van der Waals surface area contributed by atoms with Crippen molar-refractivity contribution in [2.75, 3.05) is 0 Å². The minimum Gasteiger partial charge on any atom is -0.309 e. The Labute approximate surface area is 98.6 Å². The Hall–Kier alpha value is -0.620. The topological polar surface area (TPSA) is 45.8 Å². The molecule has 14 heavy (non-hydrogen) atoms. The summed E-state index contributed by atoms with van der Waals surface area (Å²) in [5.74, 6) is 0.724. The van der Waals surface area contributed by atoms with Gasteiger partial charge in [-0.15, -0.1) is 11.6 Å². The second-order valence-electron chi connectivity index (χ2n) is 2.81. The van der Waals surface area contributed by atoms with E-state index in [1.807, 2.05) is 12.1 Å². The zero-order valence-corrected chi connectivity index (χ0v) is 9.96. The third-order valence-electron chi connectivity index (χ3n) is 1.84.